The van der Waals surface area contributed by atoms with Crippen LogP contribution < -0.4 is 27.4 Å². The van der Waals surface area contributed by atoms with Gasteiger partial charge in [0.15, 0.2) is 0 Å². The number of rotatable bonds is 12. The molecule has 0 aromatic carbocycles. The molecule has 0 aliphatic heterocycles. The minimum atomic E-state index is -1.27. The molecule has 0 aromatic rings. The third-order valence-electron chi connectivity index (χ3n) is 3.33. The summed E-state index contributed by atoms with van der Waals surface area (Å²) in [5.74, 6) is -3.32. The molecule has 0 spiro atoms. The summed E-state index contributed by atoms with van der Waals surface area (Å²) in [6, 6.07) is -3.42. The van der Waals surface area contributed by atoms with E-state index in [1.54, 1.807) is 0 Å². The molecule has 0 radical (unpaired) electrons. The minimum Gasteiger partial charge on any atom is -0.480 e. The third-order valence-corrected chi connectivity index (χ3v) is 3.33. The monoisotopic (exact) mass is 361 g/mol. The standard InChI is InChI=1S/C14H27N5O6/c1-8(14(24)25)17-12(22)9(4-2-3-5-15)19-13(23)10(7-20)18-11(21)6-16/h8-10,20H,2-7,15-16H2,1H3,(H,17,22)(H,18,21)(H,19,23)(H,24,25). The molecule has 0 fully saturated rings. The van der Waals surface area contributed by atoms with Gasteiger partial charge < -0.3 is 37.6 Å². The number of aliphatic hydroxyl groups is 1. The van der Waals surface area contributed by atoms with Gasteiger partial charge >= 0.3 is 5.97 Å². The van der Waals surface area contributed by atoms with E-state index in [0.29, 0.717) is 19.4 Å². The van der Waals surface area contributed by atoms with Gasteiger partial charge in [-0.3, -0.25) is 19.2 Å². The van der Waals surface area contributed by atoms with Gasteiger partial charge in [-0.05, 0) is 32.7 Å². The average Bonchev–Trinajstić information content (AvgIpc) is 2.57. The number of hydrogen-bond donors (Lipinski definition) is 7. The smallest absolute Gasteiger partial charge is 0.325 e. The summed E-state index contributed by atoms with van der Waals surface area (Å²) in [4.78, 5) is 46.4. The normalized spacial score (nSPS) is 14.1. The molecule has 0 aliphatic rings. The van der Waals surface area contributed by atoms with E-state index < -0.39 is 48.4 Å². The van der Waals surface area contributed by atoms with E-state index in [4.69, 9.17) is 16.6 Å². The van der Waals surface area contributed by atoms with Crippen molar-refractivity contribution in [3.8, 4) is 0 Å². The highest BCUT2D eigenvalue weighted by molar-refractivity contribution is 5.93. The highest BCUT2D eigenvalue weighted by Gasteiger charge is 2.27. The van der Waals surface area contributed by atoms with Gasteiger partial charge in [0.25, 0.3) is 0 Å². The molecule has 0 aliphatic carbocycles. The van der Waals surface area contributed by atoms with Gasteiger partial charge in [0.1, 0.15) is 18.1 Å². The van der Waals surface area contributed by atoms with E-state index in [0.717, 1.165) is 0 Å². The van der Waals surface area contributed by atoms with Crippen LogP contribution in [-0.2, 0) is 19.2 Å². The van der Waals surface area contributed by atoms with Gasteiger partial charge in [-0.15, -0.1) is 0 Å². The molecule has 144 valence electrons. The van der Waals surface area contributed by atoms with Crippen molar-refractivity contribution in [2.75, 3.05) is 19.7 Å². The van der Waals surface area contributed by atoms with E-state index in [1.165, 1.54) is 6.92 Å². The van der Waals surface area contributed by atoms with Crippen LogP contribution in [0.3, 0.4) is 0 Å². The number of carboxylic acids is 1. The Kier molecular flexibility index (Phi) is 11.1. The van der Waals surface area contributed by atoms with E-state index in [-0.39, 0.29) is 13.0 Å². The third kappa shape index (κ3) is 8.98. The van der Waals surface area contributed by atoms with Crippen molar-refractivity contribution in [1.82, 2.24) is 16.0 Å². The quantitative estimate of drug-likeness (QED) is 0.175. The lowest BCUT2D eigenvalue weighted by atomic mass is 10.1. The minimum absolute atomic E-state index is 0.226. The van der Waals surface area contributed by atoms with Crippen LogP contribution in [0.4, 0.5) is 0 Å². The number of carbonyl (C=O) groups excluding carboxylic acids is 3. The summed E-state index contributed by atoms with van der Waals surface area (Å²) in [6.07, 6.45) is 1.36. The Bertz CT molecular complexity index is 473. The number of nitrogens with two attached hydrogens (primary N) is 2. The van der Waals surface area contributed by atoms with Crippen molar-refractivity contribution >= 4 is 23.7 Å². The van der Waals surface area contributed by atoms with Crippen LogP contribution in [-0.4, -0.2) is 71.7 Å². The lowest BCUT2D eigenvalue weighted by Crippen LogP contribution is -2.56. The second kappa shape index (κ2) is 12.2. The summed E-state index contributed by atoms with van der Waals surface area (Å²) in [7, 11) is 0. The molecule has 0 saturated carbocycles. The lowest BCUT2D eigenvalue weighted by Gasteiger charge is -2.23. The number of aliphatic carboxylic acids is 1. The fourth-order valence-electron chi connectivity index (χ4n) is 1.86. The van der Waals surface area contributed by atoms with Gasteiger partial charge in [0.2, 0.25) is 17.7 Å². The zero-order valence-corrected chi connectivity index (χ0v) is 14.2. The molecular formula is C14H27N5O6. The van der Waals surface area contributed by atoms with Crippen molar-refractivity contribution < 1.29 is 29.4 Å². The first kappa shape index (κ1) is 22.8. The molecule has 3 atom stereocenters. The molecule has 11 nitrogen and oxygen atoms in total. The molecule has 0 bridgehead atoms. The summed E-state index contributed by atoms with van der Waals surface area (Å²) >= 11 is 0. The molecule has 25 heavy (non-hydrogen) atoms. The number of hydrogen-bond acceptors (Lipinski definition) is 7. The van der Waals surface area contributed by atoms with Crippen LogP contribution in [0.15, 0.2) is 0 Å². The predicted molar refractivity (Wildman–Crippen MR) is 88.1 cm³/mol. The maximum atomic E-state index is 12.2. The first-order valence-corrected chi connectivity index (χ1v) is 7.90. The van der Waals surface area contributed by atoms with Gasteiger partial charge in [-0.25, -0.2) is 0 Å². The van der Waals surface area contributed by atoms with Gasteiger partial charge in [-0.1, -0.05) is 0 Å². The van der Waals surface area contributed by atoms with Crippen molar-refractivity contribution in [2.45, 2.75) is 44.3 Å². The largest absolute Gasteiger partial charge is 0.480 e. The molecule has 3 unspecified atom stereocenters. The maximum Gasteiger partial charge on any atom is 0.325 e. The second-order valence-corrected chi connectivity index (χ2v) is 5.42. The van der Waals surface area contributed by atoms with E-state index in [1.807, 2.05) is 0 Å². The SMILES string of the molecule is CC(NC(=O)C(CCCCN)NC(=O)C(CO)NC(=O)CN)C(=O)O. The molecule has 11 heteroatoms. The van der Waals surface area contributed by atoms with Gasteiger partial charge in [0, 0.05) is 0 Å². The summed E-state index contributed by atoms with van der Waals surface area (Å²) in [5.41, 5.74) is 10.5. The van der Waals surface area contributed by atoms with Crippen LogP contribution >= 0.6 is 0 Å². The Hall–Kier alpha value is -2.24. The zero-order chi connectivity index (χ0) is 19.4. The molecule has 0 rings (SSSR count). The summed E-state index contributed by atoms with van der Waals surface area (Å²) in [6.45, 7) is 0.650. The number of aliphatic hydroxyl groups excluding tert-OH is 1. The van der Waals surface area contributed by atoms with Crippen LogP contribution in [0.2, 0.25) is 0 Å². The van der Waals surface area contributed by atoms with E-state index in [9.17, 15) is 24.3 Å². The fourth-order valence-corrected chi connectivity index (χ4v) is 1.86. The van der Waals surface area contributed by atoms with Crippen LogP contribution in [0.1, 0.15) is 26.2 Å². The Balaban J connectivity index is 4.94. The number of unbranched alkanes of at least 4 members (excludes halogenated alkanes) is 1. The number of carbonyl (C=O) groups is 4. The number of nitrogens with one attached hydrogen (secondary N) is 3. The topological polar surface area (TPSA) is 197 Å². The highest BCUT2D eigenvalue weighted by Crippen LogP contribution is 2.02. The molecular weight excluding hydrogens is 334 g/mol. The number of amides is 3. The maximum absolute atomic E-state index is 12.2. The lowest BCUT2D eigenvalue weighted by molar-refractivity contribution is -0.141. The van der Waals surface area contributed by atoms with Crippen molar-refractivity contribution in [3.05, 3.63) is 0 Å². The Morgan fingerprint density at radius 1 is 0.960 bits per heavy atom. The molecule has 0 heterocycles. The van der Waals surface area contributed by atoms with Crippen LogP contribution in [0, 0.1) is 0 Å². The van der Waals surface area contributed by atoms with Gasteiger partial charge in [0.05, 0.1) is 13.2 Å². The van der Waals surface area contributed by atoms with Crippen LogP contribution in [0.25, 0.3) is 0 Å². The highest BCUT2D eigenvalue weighted by atomic mass is 16.4. The first-order valence-electron chi connectivity index (χ1n) is 7.90. The first-order chi connectivity index (χ1) is 11.8. The molecule has 3 amide bonds. The van der Waals surface area contributed by atoms with E-state index >= 15 is 0 Å². The Labute approximate surface area is 145 Å². The molecule has 0 aromatic heterocycles. The predicted octanol–water partition coefficient (Wildman–Crippen LogP) is -3.37. The zero-order valence-electron chi connectivity index (χ0n) is 14.2. The summed E-state index contributed by atoms with van der Waals surface area (Å²) < 4.78 is 0. The van der Waals surface area contributed by atoms with E-state index in [2.05, 4.69) is 16.0 Å². The number of carboxylic acid groups (broad SMARTS) is 1. The Morgan fingerprint density at radius 2 is 1.56 bits per heavy atom. The molecule has 0 saturated heterocycles. The van der Waals surface area contributed by atoms with Gasteiger partial charge in [-0.2, -0.15) is 0 Å². The van der Waals surface area contributed by atoms with Crippen molar-refractivity contribution in [2.24, 2.45) is 11.5 Å². The van der Waals surface area contributed by atoms with Crippen molar-refractivity contribution in [1.29, 1.82) is 0 Å². The average molecular weight is 361 g/mol. The van der Waals surface area contributed by atoms with Crippen LogP contribution in [0.5, 0.6) is 0 Å². The fraction of sp³-hybridized carbons (Fsp3) is 0.714. The molecule has 9 N–H and O–H groups in total. The van der Waals surface area contributed by atoms with Crippen molar-refractivity contribution in [3.63, 3.8) is 0 Å². The Morgan fingerprint density at radius 3 is 2.04 bits per heavy atom. The second-order valence-electron chi connectivity index (χ2n) is 5.42. The summed E-state index contributed by atoms with van der Waals surface area (Å²) in [5, 5.41) is 24.9.